The number of likely N-dealkylation sites (N-methyl/N-ethyl adjacent to an activating group) is 1. The number of carbonyl (C=O) groups is 1. The van der Waals surface area contributed by atoms with Crippen molar-refractivity contribution in [2.45, 2.75) is 4.90 Å². The van der Waals surface area contributed by atoms with Crippen LogP contribution in [-0.4, -0.2) is 48.7 Å². The molecule has 0 fully saturated rings. The molecule has 2 aromatic carbocycles. The molecule has 0 spiro atoms. The molecule has 0 aliphatic heterocycles. The van der Waals surface area contributed by atoms with Gasteiger partial charge in [-0.2, -0.15) is 0 Å². The van der Waals surface area contributed by atoms with Gasteiger partial charge in [-0.25, -0.2) is 4.98 Å². The topological polar surface area (TPSA) is 36.4 Å². The summed E-state index contributed by atoms with van der Waals surface area (Å²) in [7, 11) is 4.01. The summed E-state index contributed by atoms with van der Waals surface area (Å²) in [5.41, 5.74) is 0.931. The van der Waals surface area contributed by atoms with Crippen LogP contribution in [0.2, 0.25) is 5.02 Å². The van der Waals surface area contributed by atoms with Crippen molar-refractivity contribution in [3.63, 3.8) is 0 Å². The zero-order chi connectivity index (χ0) is 18.5. The number of aromatic nitrogens is 1. The number of hydrogen-bond donors (Lipinski definition) is 0. The number of rotatable bonds is 7. The summed E-state index contributed by atoms with van der Waals surface area (Å²) in [6.45, 7) is 1.40. The van der Waals surface area contributed by atoms with E-state index in [0.717, 1.165) is 26.8 Å². The number of amides is 1. The minimum absolute atomic E-state index is 0.0610. The molecule has 3 aromatic rings. The number of anilines is 1. The fraction of sp³-hybridized carbons (Fsp3) is 0.263. The minimum Gasteiger partial charge on any atom is -0.308 e. The summed E-state index contributed by atoms with van der Waals surface area (Å²) in [6, 6.07) is 15.5. The Bertz CT molecular complexity index is 847. The van der Waals surface area contributed by atoms with E-state index in [1.807, 2.05) is 62.6 Å². The molecule has 0 radical (unpaired) electrons. The normalized spacial score (nSPS) is 11.2. The second-order valence-corrected chi connectivity index (χ2v) is 8.55. The summed E-state index contributed by atoms with van der Waals surface area (Å²) >= 11 is 8.99. The number of para-hydroxylation sites is 1. The van der Waals surface area contributed by atoms with E-state index in [9.17, 15) is 4.79 Å². The van der Waals surface area contributed by atoms with Crippen LogP contribution < -0.4 is 4.90 Å². The van der Waals surface area contributed by atoms with E-state index in [-0.39, 0.29) is 5.91 Å². The van der Waals surface area contributed by atoms with Gasteiger partial charge in [-0.15, -0.1) is 11.8 Å². The highest BCUT2D eigenvalue weighted by molar-refractivity contribution is 8.00. The molecule has 4 nitrogen and oxygen atoms in total. The van der Waals surface area contributed by atoms with Crippen molar-refractivity contribution in [2.75, 3.05) is 37.8 Å². The molecule has 7 heteroatoms. The van der Waals surface area contributed by atoms with Gasteiger partial charge < -0.3 is 4.90 Å². The number of benzene rings is 2. The zero-order valence-corrected chi connectivity index (χ0v) is 17.1. The van der Waals surface area contributed by atoms with Gasteiger partial charge in [0.1, 0.15) is 0 Å². The highest BCUT2D eigenvalue weighted by Gasteiger charge is 2.20. The summed E-state index contributed by atoms with van der Waals surface area (Å²) in [5.74, 6) is 0.427. The molecule has 136 valence electrons. The van der Waals surface area contributed by atoms with Crippen molar-refractivity contribution in [1.29, 1.82) is 0 Å². The number of thiazole rings is 1. The van der Waals surface area contributed by atoms with Crippen LogP contribution in [0.5, 0.6) is 0 Å². The summed E-state index contributed by atoms with van der Waals surface area (Å²) in [4.78, 5) is 22.5. The number of fused-ring (bicyclic) bond motifs is 1. The van der Waals surface area contributed by atoms with Gasteiger partial charge in [0.15, 0.2) is 5.13 Å². The monoisotopic (exact) mass is 405 g/mol. The number of hydrogen-bond acceptors (Lipinski definition) is 5. The molecular weight excluding hydrogens is 386 g/mol. The SMILES string of the molecule is CN(C)CCN(C(=O)CSc1ccc(Cl)cc1)c1nc2ccccc2s1. The van der Waals surface area contributed by atoms with Gasteiger partial charge in [0.2, 0.25) is 5.91 Å². The molecule has 0 bridgehead atoms. The lowest BCUT2D eigenvalue weighted by Crippen LogP contribution is -2.37. The first-order chi connectivity index (χ1) is 12.5. The first-order valence-corrected chi connectivity index (χ1v) is 10.4. The second kappa shape index (κ2) is 8.86. The Labute approximate surface area is 166 Å². The molecule has 0 N–H and O–H groups in total. The zero-order valence-electron chi connectivity index (χ0n) is 14.7. The smallest absolute Gasteiger partial charge is 0.239 e. The van der Waals surface area contributed by atoms with Crippen molar-refractivity contribution in [3.8, 4) is 0 Å². The quantitative estimate of drug-likeness (QED) is 0.536. The van der Waals surface area contributed by atoms with E-state index in [4.69, 9.17) is 11.6 Å². The molecule has 3 rings (SSSR count). The standard InChI is InChI=1S/C19H20ClN3OS2/c1-22(2)11-12-23(19-21-16-5-3-4-6-17(16)26-19)18(24)13-25-15-9-7-14(20)8-10-15/h3-10H,11-13H2,1-2H3. The molecule has 1 heterocycles. The summed E-state index contributed by atoms with van der Waals surface area (Å²) in [5, 5.41) is 1.46. The van der Waals surface area contributed by atoms with Crippen molar-refractivity contribution < 1.29 is 4.79 Å². The van der Waals surface area contributed by atoms with Crippen LogP contribution in [0.1, 0.15) is 0 Å². The molecule has 0 saturated heterocycles. The Morgan fingerprint density at radius 3 is 2.54 bits per heavy atom. The van der Waals surface area contributed by atoms with Crippen molar-refractivity contribution in [1.82, 2.24) is 9.88 Å². The molecule has 0 aliphatic rings. The Morgan fingerprint density at radius 1 is 1.12 bits per heavy atom. The van der Waals surface area contributed by atoms with E-state index < -0.39 is 0 Å². The number of nitrogens with zero attached hydrogens (tertiary/aromatic N) is 3. The van der Waals surface area contributed by atoms with Gasteiger partial charge in [0.25, 0.3) is 0 Å². The highest BCUT2D eigenvalue weighted by atomic mass is 35.5. The predicted octanol–water partition coefficient (Wildman–Crippen LogP) is 4.64. The summed E-state index contributed by atoms with van der Waals surface area (Å²) < 4.78 is 1.09. The first-order valence-electron chi connectivity index (χ1n) is 8.22. The third kappa shape index (κ3) is 4.98. The van der Waals surface area contributed by atoms with Crippen molar-refractivity contribution in [3.05, 3.63) is 53.6 Å². The van der Waals surface area contributed by atoms with Crippen molar-refractivity contribution in [2.24, 2.45) is 0 Å². The fourth-order valence-electron chi connectivity index (χ4n) is 2.36. The molecule has 1 amide bonds. The van der Waals surface area contributed by atoms with Crippen LogP contribution in [0.4, 0.5) is 5.13 Å². The van der Waals surface area contributed by atoms with E-state index in [1.165, 1.54) is 11.8 Å². The Morgan fingerprint density at radius 2 is 1.85 bits per heavy atom. The van der Waals surface area contributed by atoms with Gasteiger partial charge in [0, 0.05) is 23.0 Å². The lowest BCUT2D eigenvalue weighted by molar-refractivity contribution is -0.116. The minimum atomic E-state index is 0.0610. The van der Waals surface area contributed by atoms with E-state index in [1.54, 1.807) is 16.2 Å². The maximum absolute atomic E-state index is 12.9. The largest absolute Gasteiger partial charge is 0.308 e. The van der Waals surface area contributed by atoms with Crippen LogP contribution in [0.3, 0.4) is 0 Å². The van der Waals surface area contributed by atoms with Gasteiger partial charge in [-0.05, 0) is 50.5 Å². The lowest BCUT2D eigenvalue weighted by Gasteiger charge is -2.21. The molecular formula is C19H20ClN3OS2. The van der Waals surface area contributed by atoms with E-state index in [2.05, 4.69) is 9.88 Å². The Hall–Kier alpha value is -1.60. The lowest BCUT2D eigenvalue weighted by atomic mass is 10.3. The third-order valence-corrected chi connectivity index (χ3v) is 6.07. The van der Waals surface area contributed by atoms with Crippen LogP contribution in [-0.2, 0) is 4.79 Å². The van der Waals surface area contributed by atoms with Crippen LogP contribution in [0.25, 0.3) is 10.2 Å². The molecule has 0 atom stereocenters. The Balaban J connectivity index is 1.75. The summed E-state index contributed by atoms with van der Waals surface area (Å²) in [6.07, 6.45) is 0. The Kier molecular flexibility index (Phi) is 6.53. The molecule has 1 aromatic heterocycles. The second-order valence-electron chi connectivity index (χ2n) is 6.06. The highest BCUT2D eigenvalue weighted by Crippen LogP contribution is 2.29. The predicted molar refractivity (Wildman–Crippen MR) is 113 cm³/mol. The van der Waals surface area contributed by atoms with E-state index in [0.29, 0.717) is 17.3 Å². The van der Waals surface area contributed by atoms with Crippen LogP contribution >= 0.6 is 34.7 Å². The van der Waals surface area contributed by atoms with Gasteiger partial charge in [-0.3, -0.25) is 9.69 Å². The molecule has 0 saturated carbocycles. The van der Waals surface area contributed by atoms with Gasteiger partial charge >= 0.3 is 0 Å². The van der Waals surface area contributed by atoms with Gasteiger partial charge in [0.05, 0.1) is 16.0 Å². The van der Waals surface area contributed by atoms with Crippen LogP contribution in [0, 0.1) is 0 Å². The van der Waals surface area contributed by atoms with Crippen LogP contribution in [0.15, 0.2) is 53.4 Å². The maximum Gasteiger partial charge on any atom is 0.239 e. The van der Waals surface area contributed by atoms with Crippen molar-refractivity contribution >= 4 is 56.0 Å². The van der Waals surface area contributed by atoms with Gasteiger partial charge in [-0.1, -0.05) is 35.1 Å². The molecule has 26 heavy (non-hydrogen) atoms. The average molecular weight is 406 g/mol. The number of halogens is 1. The molecule has 0 unspecified atom stereocenters. The maximum atomic E-state index is 12.9. The fourth-order valence-corrected chi connectivity index (χ4v) is 4.27. The third-order valence-electron chi connectivity index (χ3n) is 3.76. The first kappa shape index (κ1) is 19.2. The van der Waals surface area contributed by atoms with E-state index >= 15 is 0 Å². The number of thioether (sulfide) groups is 1. The average Bonchev–Trinajstić information content (AvgIpc) is 3.05. The number of carbonyl (C=O) groups excluding carboxylic acids is 1. The molecule has 0 aliphatic carbocycles.